The number of alkyl halides is 1. The van der Waals surface area contributed by atoms with E-state index in [1.54, 1.807) is 4.90 Å². The third-order valence-electron chi connectivity index (χ3n) is 4.21. The maximum atomic E-state index is 13.5. The highest BCUT2D eigenvalue weighted by atomic mass is 19.1. The number of allylic oxidation sites excluding steroid dienone is 2. The number of piperidine rings is 1. The predicted molar refractivity (Wildman–Crippen MR) is 85.9 cm³/mol. The Labute approximate surface area is 131 Å². The Kier molecular flexibility index (Phi) is 4.71. The van der Waals surface area contributed by atoms with Crippen LogP contribution in [0.25, 0.3) is 0 Å². The van der Waals surface area contributed by atoms with E-state index in [1.807, 2.05) is 30.4 Å². The van der Waals surface area contributed by atoms with Crippen LogP contribution in [-0.4, -0.2) is 30.1 Å². The first kappa shape index (κ1) is 15.0. The Morgan fingerprint density at radius 2 is 2.09 bits per heavy atom. The van der Waals surface area contributed by atoms with Gasteiger partial charge in [0.1, 0.15) is 6.17 Å². The normalized spacial score (nSPS) is 22.0. The standard InChI is InChI=1S/C19H21FNO/c20-18-10-5-11-21(14-18)19(22)17-9-4-8-16(13-17)12-15-6-2-1-3-7-15/h1-3,6-9,13,18H,4-5,10-12,14H2. The Balaban J connectivity index is 1.68. The molecule has 1 aliphatic heterocycles. The number of rotatable bonds is 3. The van der Waals surface area contributed by atoms with Crippen molar-refractivity contribution in [1.82, 2.24) is 4.90 Å². The fraction of sp³-hybridized carbons (Fsp3) is 0.368. The summed E-state index contributed by atoms with van der Waals surface area (Å²) in [6.07, 6.45) is 8.11. The minimum absolute atomic E-state index is 0.0268. The maximum absolute atomic E-state index is 13.5. The van der Waals surface area contributed by atoms with Crippen LogP contribution < -0.4 is 0 Å². The highest BCUT2D eigenvalue weighted by Crippen LogP contribution is 2.23. The highest BCUT2D eigenvalue weighted by Gasteiger charge is 2.25. The summed E-state index contributed by atoms with van der Waals surface area (Å²) in [5.41, 5.74) is 3.11. The van der Waals surface area contributed by atoms with Crippen molar-refractivity contribution in [3.8, 4) is 0 Å². The molecule has 2 aliphatic rings. The third-order valence-corrected chi connectivity index (χ3v) is 4.21. The van der Waals surface area contributed by atoms with Crippen molar-refractivity contribution in [1.29, 1.82) is 0 Å². The second-order valence-electron chi connectivity index (χ2n) is 5.97. The summed E-state index contributed by atoms with van der Waals surface area (Å²) in [6, 6.07) is 10.2. The van der Waals surface area contributed by atoms with Crippen molar-refractivity contribution >= 4 is 5.91 Å². The number of likely N-dealkylation sites (tertiary alicyclic amines) is 1. The fourth-order valence-corrected chi connectivity index (χ4v) is 3.05. The molecule has 1 atom stereocenters. The van der Waals surface area contributed by atoms with Crippen LogP contribution in [0, 0.1) is 6.42 Å². The number of benzene rings is 1. The van der Waals surface area contributed by atoms with Gasteiger partial charge in [0.2, 0.25) is 0 Å². The van der Waals surface area contributed by atoms with Crippen LogP contribution in [0.4, 0.5) is 4.39 Å². The first-order chi connectivity index (χ1) is 10.7. The summed E-state index contributed by atoms with van der Waals surface area (Å²) in [6.45, 7) is 0.907. The summed E-state index contributed by atoms with van der Waals surface area (Å²) < 4.78 is 13.5. The van der Waals surface area contributed by atoms with E-state index >= 15 is 0 Å². The monoisotopic (exact) mass is 298 g/mol. The van der Waals surface area contributed by atoms with Gasteiger partial charge in [-0.15, -0.1) is 0 Å². The lowest BCUT2D eigenvalue weighted by atomic mass is 9.93. The molecule has 1 fully saturated rings. The van der Waals surface area contributed by atoms with Gasteiger partial charge in [-0.05, 0) is 43.7 Å². The number of nitrogens with zero attached hydrogens (tertiary/aromatic N) is 1. The van der Waals surface area contributed by atoms with E-state index in [9.17, 15) is 9.18 Å². The van der Waals surface area contributed by atoms with Crippen molar-refractivity contribution in [3.63, 3.8) is 0 Å². The highest BCUT2D eigenvalue weighted by molar-refractivity contribution is 5.96. The first-order valence-corrected chi connectivity index (χ1v) is 7.93. The van der Waals surface area contributed by atoms with Crippen molar-refractivity contribution in [3.05, 3.63) is 65.6 Å². The van der Waals surface area contributed by atoms with Crippen LogP contribution in [0.15, 0.2) is 53.6 Å². The molecule has 1 saturated heterocycles. The second kappa shape index (κ2) is 6.91. The number of amides is 1. The van der Waals surface area contributed by atoms with Crippen LogP contribution >= 0.6 is 0 Å². The first-order valence-electron chi connectivity index (χ1n) is 7.93. The molecule has 115 valence electrons. The number of carbonyl (C=O) groups excluding carboxylic acids is 1. The van der Waals surface area contributed by atoms with E-state index in [0.717, 1.165) is 24.8 Å². The molecule has 0 N–H and O–H groups in total. The lowest BCUT2D eigenvalue weighted by Crippen LogP contribution is -2.41. The van der Waals surface area contributed by atoms with E-state index < -0.39 is 6.17 Å². The van der Waals surface area contributed by atoms with Gasteiger partial charge >= 0.3 is 0 Å². The summed E-state index contributed by atoms with van der Waals surface area (Å²) >= 11 is 0. The number of carbonyl (C=O) groups is 1. The van der Waals surface area contributed by atoms with Gasteiger partial charge in [0.15, 0.2) is 0 Å². The van der Waals surface area contributed by atoms with Crippen LogP contribution in [-0.2, 0) is 11.2 Å². The van der Waals surface area contributed by atoms with Gasteiger partial charge in [0, 0.05) is 12.1 Å². The Bertz CT molecular complexity index is 591. The molecular formula is C19H21FNO. The van der Waals surface area contributed by atoms with E-state index in [1.165, 1.54) is 5.56 Å². The molecule has 2 nitrogen and oxygen atoms in total. The quantitative estimate of drug-likeness (QED) is 0.834. The summed E-state index contributed by atoms with van der Waals surface area (Å²) in [5, 5.41) is 0. The van der Waals surface area contributed by atoms with Crippen molar-refractivity contribution in [2.75, 3.05) is 13.1 Å². The molecule has 1 aromatic rings. The van der Waals surface area contributed by atoms with E-state index in [4.69, 9.17) is 0 Å². The minimum atomic E-state index is -0.874. The van der Waals surface area contributed by atoms with Crippen molar-refractivity contribution in [2.24, 2.45) is 0 Å². The average molecular weight is 298 g/mol. The Morgan fingerprint density at radius 1 is 1.27 bits per heavy atom. The summed E-state index contributed by atoms with van der Waals surface area (Å²) in [4.78, 5) is 14.2. The zero-order valence-corrected chi connectivity index (χ0v) is 12.7. The molecule has 0 saturated carbocycles. The van der Waals surface area contributed by atoms with Crippen LogP contribution in [0.1, 0.15) is 24.8 Å². The van der Waals surface area contributed by atoms with Crippen LogP contribution in [0.5, 0.6) is 0 Å². The molecule has 1 heterocycles. The molecule has 1 unspecified atom stereocenters. The van der Waals surface area contributed by atoms with Gasteiger partial charge in [0.25, 0.3) is 5.91 Å². The third kappa shape index (κ3) is 3.65. The van der Waals surface area contributed by atoms with Gasteiger partial charge < -0.3 is 4.90 Å². The van der Waals surface area contributed by atoms with Crippen molar-refractivity contribution < 1.29 is 9.18 Å². The average Bonchev–Trinajstić information content (AvgIpc) is 2.55. The molecule has 0 aromatic heterocycles. The number of hydrogen-bond acceptors (Lipinski definition) is 1. The fourth-order valence-electron chi connectivity index (χ4n) is 3.05. The smallest absolute Gasteiger partial charge is 0.253 e. The van der Waals surface area contributed by atoms with Crippen LogP contribution in [0.3, 0.4) is 0 Å². The molecule has 0 bridgehead atoms. The SMILES string of the molecule is O=C(C1=CC[CH]C(Cc2ccccc2)=C1)N1CCCC(F)C1. The molecule has 1 radical (unpaired) electrons. The van der Waals surface area contributed by atoms with Gasteiger partial charge in [-0.25, -0.2) is 4.39 Å². The minimum Gasteiger partial charge on any atom is -0.336 e. The number of hydrogen-bond donors (Lipinski definition) is 0. The summed E-state index contributed by atoms with van der Waals surface area (Å²) in [5.74, 6) is -0.0268. The topological polar surface area (TPSA) is 20.3 Å². The molecule has 3 heteroatoms. The lowest BCUT2D eigenvalue weighted by Gasteiger charge is -2.30. The van der Waals surface area contributed by atoms with Crippen LogP contribution in [0.2, 0.25) is 0 Å². The van der Waals surface area contributed by atoms with E-state index in [0.29, 0.717) is 18.5 Å². The summed E-state index contributed by atoms with van der Waals surface area (Å²) in [7, 11) is 0. The molecule has 1 aliphatic carbocycles. The van der Waals surface area contributed by atoms with E-state index in [-0.39, 0.29) is 12.5 Å². The van der Waals surface area contributed by atoms with Gasteiger partial charge in [-0.1, -0.05) is 42.0 Å². The lowest BCUT2D eigenvalue weighted by molar-refractivity contribution is -0.128. The Morgan fingerprint density at radius 3 is 2.86 bits per heavy atom. The number of halogens is 1. The van der Waals surface area contributed by atoms with Crippen molar-refractivity contribution in [2.45, 2.75) is 31.9 Å². The zero-order chi connectivity index (χ0) is 15.4. The molecule has 3 rings (SSSR count). The largest absolute Gasteiger partial charge is 0.336 e. The molecule has 0 spiro atoms. The van der Waals surface area contributed by atoms with Gasteiger partial charge in [-0.2, -0.15) is 0 Å². The molecule has 1 amide bonds. The zero-order valence-electron chi connectivity index (χ0n) is 12.7. The van der Waals surface area contributed by atoms with Gasteiger partial charge in [0.05, 0.1) is 6.54 Å². The van der Waals surface area contributed by atoms with Gasteiger partial charge in [-0.3, -0.25) is 4.79 Å². The maximum Gasteiger partial charge on any atom is 0.253 e. The Hall–Kier alpha value is -1.90. The predicted octanol–water partition coefficient (Wildman–Crippen LogP) is 3.65. The van der Waals surface area contributed by atoms with E-state index in [2.05, 4.69) is 18.6 Å². The molecule has 22 heavy (non-hydrogen) atoms. The second-order valence-corrected chi connectivity index (χ2v) is 5.97. The molecule has 1 aromatic carbocycles. The molecular weight excluding hydrogens is 277 g/mol.